The van der Waals surface area contributed by atoms with Crippen molar-refractivity contribution in [1.82, 2.24) is 15.1 Å². The van der Waals surface area contributed by atoms with Gasteiger partial charge in [-0.2, -0.15) is 5.10 Å². The van der Waals surface area contributed by atoms with Gasteiger partial charge in [-0.15, -0.1) is 12.4 Å². The van der Waals surface area contributed by atoms with Crippen LogP contribution in [0.15, 0.2) is 30.5 Å². The van der Waals surface area contributed by atoms with Crippen LogP contribution in [-0.4, -0.2) is 28.3 Å². The van der Waals surface area contributed by atoms with Gasteiger partial charge < -0.3 is 11.1 Å². The maximum absolute atomic E-state index is 12.7. The molecular formula is C18H24Cl2N4O. The molecule has 2 unspecified atom stereocenters. The largest absolute Gasteiger partial charge is 0.349 e. The molecular weight excluding hydrogens is 359 g/mol. The first kappa shape index (κ1) is 19.8. The number of carbonyl (C=O) groups excluding carboxylic acids is 1. The minimum absolute atomic E-state index is 0. The highest BCUT2D eigenvalue weighted by atomic mass is 35.5. The monoisotopic (exact) mass is 382 g/mol. The van der Waals surface area contributed by atoms with E-state index in [1.165, 1.54) is 6.42 Å². The minimum Gasteiger partial charge on any atom is -0.349 e. The Hall–Kier alpha value is -1.56. The number of aromatic nitrogens is 2. The van der Waals surface area contributed by atoms with Crippen molar-refractivity contribution < 1.29 is 4.79 Å². The Kier molecular flexibility index (Phi) is 6.87. The Morgan fingerprint density at radius 3 is 2.68 bits per heavy atom. The number of rotatable bonds is 4. The van der Waals surface area contributed by atoms with Gasteiger partial charge >= 0.3 is 0 Å². The van der Waals surface area contributed by atoms with Crippen molar-refractivity contribution in [2.24, 2.45) is 11.7 Å². The van der Waals surface area contributed by atoms with E-state index in [9.17, 15) is 4.79 Å². The van der Waals surface area contributed by atoms with E-state index in [1.807, 2.05) is 31.2 Å². The van der Waals surface area contributed by atoms with Gasteiger partial charge in [0.15, 0.2) is 0 Å². The summed E-state index contributed by atoms with van der Waals surface area (Å²) in [7, 11) is 0. The molecule has 136 valence electrons. The Morgan fingerprint density at radius 2 is 2.00 bits per heavy atom. The third kappa shape index (κ3) is 4.54. The number of benzene rings is 1. The molecule has 1 aromatic heterocycles. The van der Waals surface area contributed by atoms with E-state index in [4.69, 9.17) is 17.3 Å². The molecule has 1 fully saturated rings. The van der Waals surface area contributed by atoms with Crippen LogP contribution in [0.5, 0.6) is 0 Å². The summed E-state index contributed by atoms with van der Waals surface area (Å²) in [6, 6.07) is 7.53. The zero-order chi connectivity index (χ0) is 17.1. The van der Waals surface area contributed by atoms with Gasteiger partial charge in [-0.25, -0.2) is 4.68 Å². The summed E-state index contributed by atoms with van der Waals surface area (Å²) in [5, 5.41) is 8.28. The average molecular weight is 383 g/mol. The predicted molar refractivity (Wildman–Crippen MR) is 103 cm³/mol. The van der Waals surface area contributed by atoms with Gasteiger partial charge in [0.2, 0.25) is 0 Å². The summed E-state index contributed by atoms with van der Waals surface area (Å²) in [4.78, 5) is 12.7. The quantitative estimate of drug-likeness (QED) is 0.849. The van der Waals surface area contributed by atoms with Gasteiger partial charge in [0.1, 0.15) is 0 Å². The molecule has 1 heterocycles. The van der Waals surface area contributed by atoms with E-state index in [2.05, 4.69) is 10.4 Å². The predicted octanol–water partition coefficient (Wildman–Crippen LogP) is 3.50. The number of nitrogens with two attached hydrogens (primary N) is 1. The minimum atomic E-state index is -0.0712. The fourth-order valence-corrected chi connectivity index (χ4v) is 3.46. The molecule has 1 amide bonds. The van der Waals surface area contributed by atoms with E-state index in [1.54, 1.807) is 10.9 Å². The van der Waals surface area contributed by atoms with Crippen molar-refractivity contribution in [2.75, 3.05) is 6.54 Å². The molecule has 5 nitrogen and oxygen atoms in total. The number of carbonyl (C=O) groups is 1. The highest BCUT2D eigenvalue weighted by molar-refractivity contribution is 6.30. The number of hydrogen-bond acceptors (Lipinski definition) is 3. The van der Waals surface area contributed by atoms with Crippen molar-refractivity contribution in [3.05, 3.63) is 46.7 Å². The molecule has 0 saturated heterocycles. The number of amides is 1. The van der Waals surface area contributed by atoms with Gasteiger partial charge in [-0.05, 0) is 56.5 Å². The van der Waals surface area contributed by atoms with Crippen LogP contribution in [0.2, 0.25) is 5.02 Å². The second kappa shape index (κ2) is 8.70. The Morgan fingerprint density at radius 1 is 1.32 bits per heavy atom. The summed E-state index contributed by atoms with van der Waals surface area (Å²) >= 11 is 5.92. The van der Waals surface area contributed by atoms with Gasteiger partial charge in [0.05, 0.1) is 16.9 Å². The summed E-state index contributed by atoms with van der Waals surface area (Å²) in [6.45, 7) is 2.47. The number of hydrogen-bond donors (Lipinski definition) is 2. The lowest BCUT2D eigenvalue weighted by molar-refractivity contribution is 0.0907. The second-order valence-electron chi connectivity index (χ2n) is 6.41. The molecule has 3 N–H and O–H groups in total. The fraction of sp³-hybridized carbons (Fsp3) is 0.444. The smallest absolute Gasteiger partial charge is 0.254 e. The Labute approximate surface area is 159 Å². The molecule has 25 heavy (non-hydrogen) atoms. The van der Waals surface area contributed by atoms with E-state index >= 15 is 0 Å². The van der Waals surface area contributed by atoms with Crippen molar-refractivity contribution in [3.8, 4) is 5.69 Å². The van der Waals surface area contributed by atoms with Crippen LogP contribution in [-0.2, 0) is 0 Å². The summed E-state index contributed by atoms with van der Waals surface area (Å²) < 4.78 is 1.71. The summed E-state index contributed by atoms with van der Waals surface area (Å²) in [6.07, 6.45) is 6.20. The van der Waals surface area contributed by atoms with Crippen LogP contribution in [0, 0.1) is 12.8 Å². The molecule has 1 aliphatic carbocycles. The van der Waals surface area contributed by atoms with Crippen LogP contribution in [0.3, 0.4) is 0 Å². The zero-order valence-electron chi connectivity index (χ0n) is 14.2. The van der Waals surface area contributed by atoms with E-state index in [-0.39, 0.29) is 24.4 Å². The Bertz CT molecular complexity index is 714. The van der Waals surface area contributed by atoms with Crippen molar-refractivity contribution >= 4 is 29.9 Å². The van der Waals surface area contributed by atoms with Crippen molar-refractivity contribution in [2.45, 2.75) is 38.6 Å². The van der Waals surface area contributed by atoms with Gasteiger partial charge in [0.25, 0.3) is 5.91 Å². The highest BCUT2D eigenvalue weighted by Crippen LogP contribution is 2.24. The molecule has 3 rings (SSSR count). The first-order valence-corrected chi connectivity index (χ1v) is 8.79. The van der Waals surface area contributed by atoms with Crippen LogP contribution >= 0.6 is 24.0 Å². The van der Waals surface area contributed by atoms with E-state index in [0.29, 0.717) is 28.7 Å². The zero-order valence-corrected chi connectivity index (χ0v) is 15.8. The molecule has 1 aliphatic rings. The van der Waals surface area contributed by atoms with Gasteiger partial charge in [-0.3, -0.25) is 4.79 Å². The van der Waals surface area contributed by atoms with E-state index < -0.39 is 0 Å². The van der Waals surface area contributed by atoms with Crippen molar-refractivity contribution in [3.63, 3.8) is 0 Å². The highest BCUT2D eigenvalue weighted by Gasteiger charge is 2.26. The van der Waals surface area contributed by atoms with Crippen LogP contribution < -0.4 is 11.1 Å². The van der Waals surface area contributed by atoms with Crippen LogP contribution in [0.1, 0.15) is 41.7 Å². The number of aryl methyl sites for hydroxylation is 1. The van der Waals surface area contributed by atoms with Crippen LogP contribution in [0.4, 0.5) is 0 Å². The maximum atomic E-state index is 12.7. The first-order chi connectivity index (χ1) is 11.6. The second-order valence-corrected chi connectivity index (χ2v) is 6.85. The lowest BCUT2D eigenvalue weighted by Gasteiger charge is -2.31. The first-order valence-electron chi connectivity index (χ1n) is 8.41. The molecule has 0 bridgehead atoms. The molecule has 2 aromatic rings. The van der Waals surface area contributed by atoms with Gasteiger partial charge in [-0.1, -0.05) is 24.4 Å². The molecule has 0 aliphatic heterocycles. The maximum Gasteiger partial charge on any atom is 0.254 e. The van der Waals surface area contributed by atoms with Crippen molar-refractivity contribution in [1.29, 1.82) is 0 Å². The molecule has 2 atom stereocenters. The summed E-state index contributed by atoms with van der Waals surface area (Å²) in [5.74, 6) is 0.298. The topological polar surface area (TPSA) is 72.9 Å². The molecule has 0 spiro atoms. The molecule has 0 radical (unpaired) electrons. The van der Waals surface area contributed by atoms with Gasteiger partial charge in [0, 0.05) is 17.3 Å². The fourth-order valence-electron chi connectivity index (χ4n) is 3.34. The Balaban J connectivity index is 0.00000225. The summed E-state index contributed by atoms with van der Waals surface area (Å²) in [5.41, 5.74) is 8.04. The SMILES string of the molecule is Cc1nn(-c2ccc(Cl)cc2)cc1C(=O)NC1CCCCC1CN.Cl. The third-order valence-electron chi connectivity index (χ3n) is 4.76. The number of halogens is 2. The lowest BCUT2D eigenvalue weighted by atomic mass is 9.84. The normalized spacial score (nSPS) is 20.0. The number of nitrogens with zero attached hydrogens (tertiary/aromatic N) is 2. The third-order valence-corrected chi connectivity index (χ3v) is 5.01. The lowest BCUT2D eigenvalue weighted by Crippen LogP contribution is -2.44. The van der Waals surface area contributed by atoms with E-state index in [0.717, 1.165) is 24.9 Å². The number of nitrogens with one attached hydrogen (secondary N) is 1. The molecule has 1 saturated carbocycles. The average Bonchev–Trinajstić information content (AvgIpc) is 2.98. The molecule has 1 aromatic carbocycles. The standard InChI is InChI=1S/C18H23ClN4O.ClH/c1-12-16(11-23(22-12)15-8-6-14(19)7-9-15)18(24)21-17-5-3-2-4-13(17)10-20;/h6-9,11,13,17H,2-5,10,20H2,1H3,(H,21,24);1H. The van der Waals surface area contributed by atoms with Crippen LogP contribution in [0.25, 0.3) is 5.69 Å². The molecule has 7 heteroatoms.